The van der Waals surface area contributed by atoms with Crippen molar-refractivity contribution in [2.75, 3.05) is 19.7 Å². The summed E-state index contributed by atoms with van der Waals surface area (Å²) in [6.07, 6.45) is 1.46. The minimum atomic E-state index is -0.376. The SMILES string of the molecule is CC[C@@H](C)N(CC(=O)N1CCc2sccc2[C@@H]1COc1cccc(F)c1)C(=O)c1cccc(Cl)c1. The molecule has 0 saturated carbocycles. The van der Waals surface area contributed by atoms with E-state index in [0.29, 0.717) is 29.3 Å². The topological polar surface area (TPSA) is 49.9 Å². The van der Waals surface area contributed by atoms with Crippen LogP contribution in [0.3, 0.4) is 0 Å². The van der Waals surface area contributed by atoms with E-state index in [-0.39, 0.29) is 42.9 Å². The molecule has 3 aromatic rings. The molecule has 0 bridgehead atoms. The molecular formula is C27H28ClFN2O3S. The lowest BCUT2D eigenvalue weighted by molar-refractivity contribution is -0.136. The second kappa shape index (κ2) is 11.2. The van der Waals surface area contributed by atoms with Crippen LogP contribution in [-0.2, 0) is 11.2 Å². The summed E-state index contributed by atoms with van der Waals surface area (Å²) in [7, 11) is 0. The number of thiophene rings is 1. The minimum absolute atomic E-state index is 0.0453. The maximum Gasteiger partial charge on any atom is 0.254 e. The van der Waals surface area contributed by atoms with E-state index < -0.39 is 0 Å². The lowest BCUT2D eigenvalue weighted by Crippen LogP contribution is -2.49. The Bertz CT molecular complexity index is 1200. The second-order valence-corrected chi connectivity index (χ2v) is 10.1. The van der Waals surface area contributed by atoms with Crippen molar-refractivity contribution in [3.63, 3.8) is 0 Å². The zero-order valence-electron chi connectivity index (χ0n) is 19.7. The highest BCUT2D eigenvalue weighted by atomic mass is 35.5. The highest BCUT2D eigenvalue weighted by molar-refractivity contribution is 7.10. The van der Waals surface area contributed by atoms with Gasteiger partial charge in [0, 0.05) is 34.1 Å². The van der Waals surface area contributed by atoms with Gasteiger partial charge in [-0.1, -0.05) is 30.7 Å². The fourth-order valence-corrected chi connectivity index (χ4v) is 5.40. The third kappa shape index (κ3) is 5.85. The zero-order valence-corrected chi connectivity index (χ0v) is 21.3. The number of halogens is 2. The molecule has 184 valence electrons. The van der Waals surface area contributed by atoms with Gasteiger partial charge in [0.25, 0.3) is 5.91 Å². The van der Waals surface area contributed by atoms with E-state index in [1.807, 2.05) is 25.3 Å². The normalized spacial score (nSPS) is 15.9. The zero-order chi connectivity index (χ0) is 24.9. The minimum Gasteiger partial charge on any atom is -0.491 e. The smallest absolute Gasteiger partial charge is 0.254 e. The number of rotatable bonds is 8. The molecule has 0 radical (unpaired) electrons. The highest BCUT2D eigenvalue weighted by Gasteiger charge is 2.34. The van der Waals surface area contributed by atoms with E-state index in [4.69, 9.17) is 16.3 Å². The lowest BCUT2D eigenvalue weighted by atomic mass is 10.00. The highest BCUT2D eigenvalue weighted by Crippen LogP contribution is 2.34. The summed E-state index contributed by atoms with van der Waals surface area (Å²) in [5.41, 5.74) is 1.50. The van der Waals surface area contributed by atoms with Gasteiger partial charge < -0.3 is 14.5 Å². The molecule has 0 aliphatic carbocycles. The molecule has 1 aliphatic heterocycles. The van der Waals surface area contributed by atoms with Gasteiger partial charge in [-0.15, -0.1) is 11.3 Å². The molecule has 1 aromatic heterocycles. The maximum absolute atomic E-state index is 13.6. The summed E-state index contributed by atoms with van der Waals surface area (Å²) in [5, 5.41) is 2.49. The van der Waals surface area contributed by atoms with Gasteiger partial charge in [-0.25, -0.2) is 4.39 Å². The van der Waals surface area contributed by atoms with Crippen molar-refractivity contribution in [1.82, 2.24) is 9.80 Å². The summed E-state index contributed by atoms with van der Waals surface area (Å²) in [6.45, 7) is 4.61. The van der Waals surface area contributed by atoms with E-state index in [1.54, 1.807) is 57.5 Å². The van der Waals surface area contributed by atoms with Gasteiger partial charge in [0.15, 0.2) is 0 Å². The largest absolute Gasteiger partial charge is 0.491 e. The number of amides is 2. The van der Waals surface area contributed by atoms with Crippen LogP contribution < -0.4 is 4.74 Å². The molecule has 0 unspecified atom stereocenters. The Hall–Kier alpha value is -2.90. The quantitative estimate of drug-likeness (QED) is 0.371. The Labute approximate surface area is 214 Å². The Morgan fingerprint density at radius 2 is 2.03 bits per heavy atom. The number of ether oxygens (including phenoxy) is 1. The number of carbonyl (C=O) groups is 2. The molecule has 2 amide bonds. The molecule has 5 nitrogen and oxygen atoms in total. The van der Waals surface area contributed by atoms with Crippen LogP contribution in [0.2, 0.25) is 5.02 Å². The van der Waals surface area contributed by atoms with Crippen molar-refractivity contribution in [3.05, 3.63) is 86.8 Å². The van der Waals surface area contributed by atoms with Gasteiger partial charge in [0.05, 0.1) is 6.04 Å². The van der Waals surface area contributed by atoms with Crippen molar-refractivity contribution in [2.45, 2.75) is 38.8 Å². The van der Waals surface area contributed by atoms with Gasteiger partial charge >= 0.3 is 0 Å². The molecule has 2 atom stereocenters. The Kier molecular flexibility index (Phi) is 8.08. The van der Waals surface area contributed by atoms with E-state index in [0.717, 1.165) is 12.0 Å². The van der Waals surface area contributed by atoms with Crippen LogP contribution in [0.4, 0.5) is 4.39 Å². The van der Waals surface area contributed by atoms with Gasteiger partial charge in [-0.3, -0.25) is 9.59 Å². The first-order valence-corrected chi connectivity index (χ1v) is 12.9. The molecule has 35 heavy (non-hydrogen) atoms. The molecular weight excluding hydrogens is 487 g/mol. The van der Waals surface area contributed by atoms with Crippen LogP contribution in [0.1, 0.15) is 47.1 Å². The van der Waals surface area contributed by atoms with Crippen molar-refractivity contribution in [1.29, 1.82) is 0 Å². The first kappa shape index (κ1) is 25.2. The van der Waals surface area contributed by atoms with E-state index in [9.17, 15) is 14.0 Å². The molecule has 2 aromatic carbocycles. The molecule has 2 heterocycles. The molecule has 1 aliphatic rings. The Morgan fingerprint density at radius 3 is 2.77 bits per heavy atom. The Balaban J connectivity index is 1.55. The number of hydrogen-bond donors (Lipinski definition) is 0. The molecule has 4 rings (SSSR count). The number of carbonyl (C=O) groups excluding carboxylic acids is 2. The van der Waals surface area contributed by atoms with E-state index in [2.05, 4.69) is 0 Å². The molecule has 0 spiro atoms. The maximum atomic E-state index is 13.6. The summed E-state index contributed by atoms with van der Waals surface area (Å²) in [6, 6.07) is 14.3. The number of hydrogen-bond acceptors (Lipinski definition) is 4. The number of nitrogens with zero attached hydrogens (tertiary/aromatic N) is 2. The molecule has 0 N–H and O–H groups in total. The van der Waals surface area contributed by atoms with Gasteiger partial charge in [-0.05, 0) is 67.1 Å². The monoisotopic (exact) mass is 514 g/mol. The van der Waals surface area contributed by atoms with Crippen molar-refractivity contribution < 1.29 is 18.7 Å². The van der Waals surface area contributed by atoms with Crippen molar-refractivity contribution in [2.24, 2.45) is 0 Å². The fourth-order valence-electron chi connectivity index (χ4n) is 4.28. The number of benzene rings is 2. The van der Waals surface area contributed by atoms with Crippen LogP contribution in [-0.4, -0.2) is 47.4 Å². The van der Waals surface area contributed by atoms with Crippen LogP contribution >= 0.6 is 22.9 Å². The summed E-state index contributed by atoms with van der Waals surface area (Å²) in [4.78, 5) is 31.6. The average Bonchev–Trinajstić information content (AvgIpc) is 3.34. The average molecular weight is 515 g/mol. The van der Waals surface area contributed by atoms with Crippen LogP contribution in [0.5, 0.6) is 5.75 Å². The van der Waals surface area contributed by atoms with E-state index >= 15 is 0 Å². The first-order chi connectivity index (χ1) is 16.9. The third-order valence-electron chi connectivity index (χ3n) is 6.38. The van der Waals surface area contributed by atoms with Crippen LogP contribution in [0, 0.1) is 5.82 Å². The molecule has 0 saturated heterocycles. The van der Waals surface area contributed by atoms with E-state index in [1.165, 1.54) is 17.0 Å². The fraction of sp³-hybridized carbons (Fsp3) is 0.333. The predicted octanol–water partition coefficient (Wildman–Crippen LogP) is 5.99. The van der Waals surface area contributed by atoms with Gasteiger partial charge in [0.2, 0.25) is 5.91 Å². The standard InChI is InChI=1S/C27H28ClFN2O3S/c1-3-18(2)31(27(33)19-6-4-7-20(28)14-19)16-26(32)30-12-10-25-23(11-13-35-25)24(30)17-34-22-9-5-8-21(29)15-22/h4-9,11,13-15,18,24H,3,10,12,16-17H2,1-2H3/t18-,24+/m1/s1. The van der Waals surface area contributed by atoms with Crippen LogP contribution in [0.15, 0.2) is 60.0 Å². The number of fused-ring (bicyclic) bond motifs is 1. The van der Waals surface area contributed by atoms with Crippen LogP contribution in [0.25, 0.3) is 0 Å². The second-order valence-electron chi connectivity index (χ2n) is 8.62. The predicted molar refractivity (Wildman–Crippen MR) is 137 cm³/mol. The van der Waals surface area contributed by atoms with Crippen molar-refractivity contribution >= 4 is 34.8 Å². The molecule has 8 heteroatoms. The summed E-state index contributed by atoms with van der Waals surface area (Å²) >= 11 is 7.77. The van der Waals surface area contributed by atoms with Crippen molar-refractivity contribution in [3.8, 4) is 5.75 Å². The third-order valence-corrected chi connectivity index (χ3v) is 7.61. The summed E-state index contributed by atoms with van der Waals surface area (Å²) in [5.74, 6) is -0.336. The van der Waals surface area contributed by atoms with Gasteiger partial charge in [-0.2, -0.15) is 0 Å². The first-order valence-electron chi connectivity index (χ1n) is 11.7. The van der Waals surface area contributed by atoms with Gasteiger partial charge in [0.1, 0.15) is 24.7 Å². The summed E-state index contributed by atoms with van der Waals surface area (Å²) < 4.78 is 19.5. The lowest BCUT2D eigenvalue weighted by Gasteiger charge is -2.38. The Morgan fingerprint density at radius 1 is 1.23 bits per heavy atom. The molecule has 0 fully saturated rings.